The van der Waals surface area contributed by atoms with Crippen molar-refractivity contribution in [2.45, 2.75) is 20.3 Å². The number of aliphatic carboxylic acids is 1. The normalized spacial score (nSPS) is 11.9. The van der Waals surface area contributed by atoms with Crippen LogP contribution in [0, 0.1) is 12.8 Å². The Morgan fingerprint density at radius 1 is 1.36 bits per heavy atom. The molecular weight excluding hydrogens is 304 g/mol. The molecule has 0 spiro atoms. The van der Waals surface area contributed by atoms with E-state index in [1.165, 1.54) is 11.3 Å². The third kappa shape index (κ3) is 4.08. The molecule has 2 N–H and O–H groups in total. The number of aryl methyl sites for hydroxylation is 1. The van der Waals surface area contributed by atoms with Gasteiger partial charge in [-0.1, -0.05) is 6.92 Å². The third-order valence-corrected chi connectivity index (χ3v) is 4.05. The van der Waals surface area contributed by atoms with E-state index in [-0.39, 0.29) is 18.2 Å². The quantitative estimate of drug-likeness (QED) is 0.840. The van der Waals surface area contributed by atoms with Crippen molar-refractivity contribution >= 4 is 23.2 Å². The molecule has 0 radical (unpaired) electrons. The molecule has 1 atom stereocenters. The topological polar surface area (TPSA) is 105 Å². The molecule has 2 heterocycles. The summed E-state index contributed by atoms with van der Waals surface area (Å²) in [7, 11) is 0. The van der Waals surface area contributed by atoms with Gasteiger partial charge in [-0.25, -0.2) is 15.0 Å². The molecule has 2 aromatic heterocycles. The van der Waals surface area contributed by atoms with Gasteiger partial charge in [0, 0.05) is 25.4 Å². The van der Waals surface area contributed by atoms with Crippen molar-refractivity contribution in [3.8, 4) is 10.8 Å². The van der Waals surface area contributed by atoms with Crippen LogP contribution in [0.1, 0.15) is 28.7 Å². The number of rotatable bonds is 6. The van der Waals surface area contributed by atoms with Crippen molar-refractivity contribution in [2.75, 3.05) is 6.54 Å². The summed E-state index contributed by atoms with van der Waals surface area (Å²) in [4.78, 5) is 35.8. The zero-order valence-corrected chi connectivity index (χ0v) is 13.1. The summed E-state index contributed by atoms with van der Waals surface area (Å²) < 4.78 is 0. The van der Waals surface area contributed by atoms with Gasteiger partial charge < -0.3 is 10.4 Å². The van der Waals surface area contributed by atoms with Crippen molar-refractivity contribution in [2.24, 2.45) is 5.92 Å². The molecule has 0 aromatic carbocycles. The zero-order chi connectivity index (χ0) is 16.1. The average Bonchev–Trinajstić information content (AvgIpc) is 2.87. The molecule has 116 valence electrons. The molecule has 2 aromatic rings. The number of carboxylic acids is 1. The van der Waals surface area contributed by atoms with E-state index < -0.39 is 5.97 Å². The van der Waals surface area contributed by atoms with Gasteiger partial charge in [0.1, 0.15) is 4.88 Å². The Morgan fingerprint density at radius 3 is 2.68 bits per heavy atom. The van der Waals surface area contributed by atoms with Crippen molar-refractivity contribution in [3.05, 3.63) is 29.0 Å². The van der Waals surface area contributed by atoms with Gasteiger partial charge in [0.05, 0.1) is 5.69 Å². The summed E-state index contributed by atoms with van der Waals surface area (Å²) in [5.74, 6) is -0.783. The van der Waals surface area contributed by atoms with Crippen molar-refractivity contribution in [3.63, 3.8) is 0 Å². The number of amides is 1. The highest BCUT2D eigenvalue weighted by Gasteiger charge is 2.18. The molecule has 0 aliphatic heterocycles. The van der Waals surface area contributed by atoms with Crippen molar-refractivity contribution < 1.29 is 14.7 Å². The minimum atomic E-state index is -0.876. The molecule has 0 bridgehead atoms. The number of carbonyl (C=O) groups excluding carboxylic acids is 1. The largest absolute Gasteiger partial charge is 0.481 e. The fourth-order valence-electron chi connectivity index (χ4n) is 1.83. The Labute approximate surface area is 131 Å². The highest BCUT2D eigenvalue weighted by Crippen LogP contribution is 2.25. The predicted molar refractivity (Wildman–Crippen MR) is 81.6 cm³/mol. The molecule has 22 heavy (non-hydrogen) atoms. The molecule has 0 saturated heterocycles. The Bertz CT molecular complexity index is 672. The van der Waals surface area contributed by atoms with Crippen LogP contribution in [0.3, 0.4) is 0 Å². The van der Waals surface area contributed by atoms with E-state index >= 15 is 0 Å². The second-order valence-corrected chi connectivity index (χ2v) is 5.92. The Hall–Kier alpha value is -2.35. The molecule has 7 nitrogen and oxygen atoms in total. The molecule has 1 amide bonds. The first kappa shape index (κ1) is 16.0. The van der Waals surface area contributed by atoms with Crippen LogP contribution in [0.5, 0.6) is 0 Å². The summed E-state index contributed by atoms with van der Waals surface area (Å²) >= 11 is 1.22. The smallest absolute Gasteiger partial charge is 0.303 e. The van der Waals surface area contributed by atoms with E-state index in [1.54, 1.807) is 32.3 Å². The van der Waals surface area contributed by atoms with Gasteiger partial charge >= 0.3 is 5.97 Å². The number of nitrogens with zero attached hydrogens (tertiary/aromatic N) is 3. The fraction of sp³-hybridized carbons (Fsp3) is 0.357. The summed E-state index contributed by atoms with van der Waals surface area (Å²) in [6, 6.07) is 1.71. The Balaban J connectivity index is 2.05. The minimum absolute atomic E-state index is 0.0189. The van der Waals surface area contributed by atoms with Gasteiger partial charge in [0.15, 0.2) is 10.8 Å². The first-order valence-electron chi connectivity index (χ1n) is 6.72. The molecule has 0 saturated carbocycles. The number of nitrogens with one attached hydrogen (secondary N) is 1. The van der Waals surface area contributed by atoms with E-state index in [1.807, 2.05) is 0 Å². The van der Waals surface area contributed by atoms with E-state index in [0.717, 1.165) is 0 Å². The van der Waals surface area contributed by atoms with E-state index in [0.29, 0.717) is 27.9 Å². The average molecular weight is 320 g/mol. The molecule has 0 fully saturated rings. The Kier molecular flexibility index (Phi) is 5.16. The maximum Gasteiger partial charge on any atom is 0.303 e. The molecule has 1 unspecified atom stereocenters. The Morgan fingerprint density at radius 2 is 2.05 bits per heavy atom. The minimum Gasteiger partial charge on any atom is -0.481 e. The van der Waals surface area contributed by atoms with Crippen LogP contribution < -0.4 is 5.32 Å². The van der Waals surface area contributed by atoms with Gasteiger partial charge in [-0.05, 0) is 18.9 Å². The van der Waals surface area contributed by atoms with Crippen LogP contribution in [0.25, 0.3) is 10.8 Å². The molecule has 8 heteroatoms. The van der Waals surface area contributed by atoms with E-state index in [2.05, 4.69) is 20.3 Å². The summed E-state index contributed by atoms with van der Waals surface area (Å²) in [5.41, 5.74) is 0.607. The van der Waals surface area contributed by atoms with Gasteiger partial charge in [0.2, 0.25) is 0 Å². The number of aromatic nitrogens is 3. The second kappa shape index (κ2) is 7.08. The number of hydrogen-bond acceptors (Lipinski definition) is 6. The van der Waals surface area contributed by atoms with Crippen LogP contribution in [0.15, 0.2) is 18.5 Å². The summed E-state index contributed by atoms with van der Waals surface area (Å²) in [6.07, 6.45) is 3.25. The molecular formula is C14H16N4O3S. The fourth-order valence-corrected chi connectivity index (χ4v) is 2.76. The monoisotopic (exact) mass is 320 g/mol. The third-order valence-electron chi connectivity index (χ3n) is 2.89. The number of carbonyl (C=O) groups is 2. The van der Waals surface area contributed by atoms with Crippen molar-refractivity contribution in [1.82, 2.24) is 20.3 Å². The summed E-state index contributed by atoms with van der Waals surface area (Å²) in [5, 5.41) is 12.0. The van der Waals surface area contributed by atoms with Crippen LogP contribution in [-0.2, 0) is 4.79 Å². The standard InChI is InChI=1S/C14H16N4O3S/c1-8(6-10(19)20)7-17-13(21)11-9(2)18-14(22-11)12-15-4-3-5-16-12/h3-5,8H,6-7H2,1-2H3,(H,17,21)(H,19,20). The highest BCUT2D eigenvalue weighted by molar-refractivity contribution is 7.17. The lowest BCUT2D eigenvalue weighted by atomic mass is 10.1. The number of carboxylic acid groups (broad SMARTS) is 1. The van der Waals surface area contributed by atoms with Crippen LogP contribution in [-0.4, -0.2) is 38.5 Å². The lowest BCUT2D eigenvalue weighted by molar-refractivity contribution is -0.137. The summed E-state index contributed by atoms with van der Waals surface area (Å²) in [6.45, 7) is 3.83. The first-order chi connectivity index (χ1) is 10.5. The van der Waals surface area contributed by atoms with Crippen LogP contribution in [0.4, 0.5) is 0 Å². The predicted octanol–water partition coefficient (Wildman–Crippen LogP) is 1.75. The number of thiazole rings is 1. The number of hydrogen-bond donors (Lipinski definition) is 2. The maximum absolute atomic E-state index is 12.2. The highest BCUT2D eigenvalue weighted by atomic mass is 32.1. The maximum atomic E-state index is 12.2. The van der Waals surface area contributed by atoms with E-state index in [4.69, 9.17) is 5.11 Å². The van der Waals surface area contributed by atoms with Crippen LogP contribution in [0.2, 0.25) is 0 Å². The van der Waals surface area contributed by atoms with Gasteiger partial charge in [-0.3, -0.25) is 9.59 Å². The molecule has 0 aliphatic rings. The lowest BCUT2D eigenvalue weighted by Gasteiger charge is -2.09. The lowest BCUT2D eigenvalue weighted by Crippen LogP contribution is -2.29. The van der Waals surface area contributed by atoms with Gasteiger partial charge in [-0.15, -0.1) is 11.3 Å². The molecule has 0 aliphatic carbocycles. The molecule has 2 rings (SSSR count). The zero-order valence-electron chi connectivity index (χ0n) is 12.2. The first-order valence-corrected chi connectivity index (χ1v) is 7.54. The van der Waals surface area contributed by atoms with Gasteiger partial charge in [-0.2, -0.15) is 0 Å². The van der Waals surface area contributed by atoms with Crippen molar-refractivity contribution in [1.29, 1.82) is 0 Å². The SMILES string of the molecule is Cc1nc(-c2ncccn2)sc1C(=O)NCC(C)CC(=O)O. The van der Waals surface area contributed by atoms with Gasteiger partial charge in [0.25, 0.3) is 5.91 Å². The van der Waals surface area contributed by atoms with E-state index in [9.17, 15) is 9.59 Å². The second-order valence-electron chi connectivity index (χ2n) is 4.92. The van der Waals surface area contributed by atoms with Crippen LogP contribution >= 0.6 is 11.3 Å².